The third-order valence-corrected chi connectivity index (χ3v) is 10.5. The second kappa shape index (κ2) is 17.5. The highest BCUT2D eigenvalue weighted by Crippen LogP contribution is 2.43. The van der Waals surface area contributed by atoms with E-state index in [1.54, 1.807) is 42.5 Å². The van der Waals surface area contributed by atoms with Crippen LogP contribution in [-0.4, -0.2) is 45.1 Å². The highest BCUT2D eigenvalue weighted by atomic mass is 19.1. The monoisotopic (exact) mass is 826 g/mol. The van der Waals surface area contributed by atoms with Gasteiger partial charge in [0.2, 0.25) is 0 Å². The molecule has 0 aliphatic carbocycles. The van der Waals surface area contributed by atoms with E-state index in [4.69, 9.17) is 5.10 Å². The third-order valence-electron chi connectivity index (χ3n) is 10.5. The molecule has 10 rings (SSSR count). The van der Waals surface area contributed by atoms with E-state index in [2.05, 4.69) is 41.4 Å². The lowest BCUT2D eigenvalue weighted by Gasteiger charge is -2.37. The number of pyridine rings is 2. The van der Waals surface area contributed by atoms with Gasteiger partial charge in [0.1, 0.15) is 22.4 Å². The summed E-state index contributed by atoms with van der Waals surface area (Å²) in [6.45, 7) is 1.80. The molecule has 0 saturated heterocycles. The van der Waals surface area contributed by atoms with Crippen molar-refractivity contribution in [3.8, 4) is 17.5 Å². The average molecular weight is 827 g/mol. The molecule has 0 aliphatic rings. The summed E-state index contributed by atoms with van der Waals surface area (Å²) in [4.78, 5) is 12.5. The van der Waals surface area contributed by atoms with Crippen LogP contribution >= 0.6 is 0 Å². The van der Waals surface area contributed by atoms with E-state index < -0.39 is 17.2 Å². The quantitative estimate of drug-likeness (QED) is 0.138. The van der Waals surface area contributed by atoms with Crippen molar-refractivity contribution in [2.75, 3.05) is 0 Å². The van der Waals surface area contributed by atoms with Crippen molar-refractivity contribution in [1.82, 2.24) is 45.1 Å². The van der Waals surface area contributed by atoms with Gasteiger partial charge in [0, 0.05) is 41.1 Å². The summed E-state index contributed by atoms with van der Waals surface area (Å²) in [5.74, 6) is 0.207. The van der Waals surface area contributed by atoms with Crippen LogP contribution in [0.4, 0.5) is 8.78 Å². The largest absolute Gasteiger partial charge is 0.277 e. The minimum atomic E-state index is -1.00. The standard InChI is InChI=1S/C34H23FN4.C17H13FN6/c35-31-22-26(23-36)21-30-32(19-18-25-11-10-20-37-24-25)38-39(33(30)31)34(27-12-4-1-5-13-27,28-14-6-2-7-15-28)29-16-8-3-9-17-29;1-10-20-17(24-21-10)12-7-13-15(22-23-16(13)14(18)8-12)5-4-11-3-2-6-19-9-11/h1-22,24H;2-9H,1H3,(H,22,23)(H,20,21,24). The van der Waals surface area contributed by atoms with Gasteiger partial charge in [-0.1, -0.05) is 115 Å². The van der Waals surface area contributed by atoms with E-state index in [0.29, 0.717) is 44.9 Å². The van der Waals surface area contributed by atoms with Crippen LogP contribution in [0.5, 0.6) is 0 Å². The first-order valence-electron chi connectivity index (χ1n) is 19.9. The van der Waals surface area contributed by atoms with E-state index in [-0.39, 0.29) is 11.1 Å². The molecule has 5 heterocycles. The highest BCUT2D eigenvalue weighted by Gasteiger charge is 2.41. The fourth-order valence-corrected chi connectivity index (χ4v) is 7.68. The van der Waals surface area contributed by atoms with E-state index in [1.807, 2.05) is 146 Å². The number of aromatic nitrogens is 9. The molecule has 0 aliphatic heterocycles. The van der Waals surface area contributed by atoms with Crippen LogP contribution in [0.15, 0.2) is 164 Å². The Balaban J connectivity index is 0.000000179. The molecular formula is C51H36F2N10. The Morgan fingerprint density at radius 2 is 1.24 bits per heavy atom. The van der Waals surface area contributed by atoms with Crippen LogP contribution in [0.2, 0.25) is 0 Å². The third kappa shape index (κ3) is 7.90. The number of H-pyrrole nitrogens is 2. The lowest BCUT2D eigenvalue weighted by Crippen LogP contribution is -2.38. The van der Waals surface area contributed by atoms with E-state index >= 15 is 4.39 Å². The Labute approximate surface area is 360 Å². The predicted molar refractivity (Wildman–Crippen MR) is 242 cm³/mol. The number of nitrogens with zero attached hydrogens (tertiary/aromatic N) is 8. The van der Waals surface area contributed by atoms with Crippen molar-refractivity contribution < 1.29 is 8.78 Å². The number of halogens is 2. The molecule has 5 aromatic carbocycles. The maximum atomic E-state index is 16.1. The number of rotatable bonds is 9. The van der Waals surface area contributed by atoms with Gasteiger partial charge < -0.3 is 0 Å². The molecule has 2 N–H and O–H groups in total. The fourth-order valence-electron chi connectivity index (χ4n) is 7.68. The molecule has 0 atom stereocenters. The van der Waals surface area contributed by atoms with Crippen LogP contribution in [0.25, 0.3) is 57.5 Å². The maximum absolute atomic E-state index is 16.1. The molecule has 10 aromatic rings. The number of aromatic amines is 2. The zero-order chi connectivity index (χ0) is 43.2. The summed E-state index contributed by atoms with van der Waals surface area (Å²) < 4.78 is 32.2. The Morgan fingerprint density at radius 3 is 1.78 bits per heavy atom. The summed E-state index contributed by atoms with van der Waals surface area (Å²) in [5, 5.41) is 29.7. The van der Waals surface area contributed by atoms with Gasteiger partial charge in [-0.3, -0.25) is 20.2 Å². The van der Waals surface area contributed by atoms with Crippen molar-refractivity contribution in [3.63, 3.8) is 0 Å². The lowest BCUT2D eigenvalue weighted by atomic mass is 9.77. The van der Waals surface area contributed by atoms with Gasteiger partial charge in [-0.05, 0) is 83.3 Å². The summed E-state index contributed by atoms with van der Waals surface area (Å²) in [6.07, 6.45) is 14.4. The van der Waals surface area contributed by atoms with Crippen LogP contribution in [0.3, 0.4) is 0 Å². The number of nitriles is 1. The molecule has 0 saturated carbocycles. The first-order valence-corrected chi connectivity index (χ1v) is 19.9. The normalized spacial score (nSPS) is 11.6. The number of hydrogen-bond acceptors (Lipinski definition) is 7. The Hall–Kier alpha value is -8.69. The number of fused-ring (bicyclic) bond motifs is 2. The molecule has 5 aromatic heterocycles. The molecule has 63 heavy (non-hydrogen) atoms. The first kappa shape index (κ1) is 39.8. The predicted octanol–water partition coefficient (Wildman–Crippen LogP) is 10.8. The number of benzene rings is 5. The number of aryl methyl sites for hydroxylation is 1. The van der Waals surface area contributed by atoms with Crippen LogP contribution < -0.4 is 0 Å². The second-order valence-electron chi connectivity index (χ2n) is 14.5. The van der Waals surface area contributed by atoms with Crippen molar-refractivity contribution in [2.45, 2.75) is 12.5 Å². The zero-order valence-electron chi connectivity index (χ0n) is 33.7. The number of hydrogen-bond donors (Lipinski definition) is 2. The van der Waals surface area contributed by atoms with Crippen LogP contribution in [-0.2, 0) is 5.54 Å². The lowest BCUT2D eigenvalue weighted by molar-refractivity contribution is 0.467. The van der Waals surface area contributed by atoms with Gasteiger partial charge in [0.25, 0.3) is 0 Å². The highest BCUT2D eigenvalue weighted by molar-refractivity contribution is 5.93. The molecule has 0 spiro atoms. The molecule has 0 fully saturated rings. The molecule has 304 valence electrons. The molecule has 12 heteroatoms. The summed E-state index contributed by atoms with van der Waals surface area (Å²) >= 11 is 0. The first-order chi connectivity index (χ1) is 30.9. The summed E-state index contributed by atoms with van der Waals surface area (Å²) in [6, 6.07) is 45.9. The van der Waals surface area contributed by atoms with Gasteiger partial charge >= 0.3 is 0 Å². The zero-order valence-corrected chi connectivity index (χ0v) is 33.7. The van der Waals surface area contributed by atoms with Gasteiger partial charge in [-0.25, -0.2) is 18.4 Å². The van der Waals surface area contributed by atoms with Crippen molar-refractivity contribution in [3.05, 3.63) is 227 Å². The summed E-state index contributed by atoms with van der Waals surface area (Å²) in [7, 11) is 0. The smallest absolute Gasteiger partial charge is 0.181 e. The topological polar surface area (TPSA) is 138 Å². The van der Waals surface area contributed by atoms with E-state index in [1.165, 1.54) is 12.1 Å². The Bertz CT molecular complexity index is 3170. The van der Waals surface area contributed by atoms with Crippen molar-refractivity contribution in [2.24, 2.45) is 0 Å². The Morgan fingerprint density at radius 1 is 0.635 bits per heavy atom. The van der Waals surface area contributed by atoms with E-state index in [9.17, 15) is 9.65 Å². The van der Waals surface area contributed by atoms with Crippen molar-refractivity contribution in [1.29, 1.82) is 5.26 Å². The van der Waals surface area contributed by atoms with Gasteiger partial charge in [0.05, 0.1) is 23.0 Å². The Kier molecular flexibility index (Phi) is 11.0. The van der Waals surface area contributed by atoms with Gasteiger partial charge in [0.15, 0.2) is 17.5 Å². The summed E-state index contributed by atoms with van der Waals surface area (Å²) in [5.41, 5.74) is 6.32. The average Bonchev–Trinajstić information content (AvgIpc) is 4.07. The van der Waals surface area contributed by atoms with Gasteiger partial charge in [-0.15, -0.1) is 0 Å². The molecular weight excluding hydrogens is 791 g/mol. The van der Waals surface area contributed by atoms with Crippen molar-refractivity contribution >= 4 is 46.1 Å². The second-order valence-corrected chi connectivity index (χ2v) is 14.5. The fraction of sp³-hybridized carbons (Fsp3) is 0.0392. The molecule has 0 unspecified atom stereocenters. The molecule has 0 amide bonds. The maximum Gasteiger partial charge on any atom is 0.181 e. The van der Waals surface area contributed by atoms with Crippen LogP contribution in [0.1, 0.15) is 50.6 Å². The minimum Gasteiger partial charge on any atom is -0.277 e. The molecule has 0 radical (unpaired) electrons. The molecule has 0 bridgehead atoms. The number of nitrogens with one attached hydrogen (secondary N) is 2. The minimum absolute atomic E-state index is 0.236. The van der Waals surface area contributed by atoms with E-state index in [0.717, 1.165) is 27.8 Å². The van der Waals surface area contributed by atoms with Crippen LogP contribution in [0, 0.1) is 29.9 Å². The van der Waals surface area contributed by atoms with Gasteiger partial charge in [-0.2, -0.15) is 20.6 Å². The molecule has 10 nitrogen and oxygen atoms in total. The SMILES string of the molecule is Cc1nc(-c2cc(F)c3n[nH]c(C=Cc4cccnc4)c3c2)n[nH]1.N#Cc1cc(F)c2c(c1)c(C=Cc1cccnc1)nn2C(c1ccccc1)(c1ccccc1)c1ccccc1.